The van der Waals surface area contributed by atoms with Crippen LogP contribution in [0.5, 0.6) is 0 Å². The number of hydrogen-bond acceptors (Lipinski definition) is 3. The van der Waals surface area contributed by atoms with E-state index in [0.29, 0.717) is 24.7 Å². The lowest BCUT2D eigenvalue weighted by atomic mass is 10.0. The van der Waals surface area contributed by atoms with Crippen LogP contribution < -0.4 is 5.32 Å². The number of nitrogens with one attached hydrogen (secondary N) is 1. The van der Waals surface area contributed by atoms with Gasteiger partial charge in [0, 0.05) is 18.8 Å². The van der Waals surface area contributed by atoms with Crippen molar-refractivity contribution in [2.24, 2.45) is 5.92 Å². The fourth-order valence-corrected chi connectivity index (χ4v) is 4.81. The molecule has 0 bridgehead atoms. The second kappa shape index (κ2) is 8.01. The number of carbonyl (C=O) groups excluding carboxylic acids is 1. The zero-order valence-corrected chi connectivity index (χ0v) is 15.7. The second-order valence-corrected chi connectivity index (χ2v) is 8.78. The predicted octanol–water partition coefficient (Wildman–Crippen LogP) is 3.29. The Morgan fingerprint density at radius 1 is 1.12 bits per heavy atom. The lowest BCUT2D eigenvalue weighted by Crippen LogP contribution is -2.39. The van der Waals surface area contributed by atoms with E-state index >= 15 is 0 Å². The average molecular weight is 372 g/mol. The SMILES string of the molecule is C[C@H]1CCCN(S(=O)(=O)c2ccc(NC(=O)Cc3ccccc3)cc2)C1. The molecule has 0 unspecified atom stereocenters. The molecule has 26 heavy (non-hydrogen) atoms. The standard InChI is InChI=1S/C20H24N2O3S/c1-16-6-5-13-22(15-16)26(24,25)19-11-9-18(10-12-19)21-20(23)14-17-7-3-2-4-8-17/h2-4,7-12,16H,5-6,13-15H2,1H3,(H,21,23)/t16-/m0/s1. The maximum absolute atomic E-state index is 12.7. The maximum Gasteiger partial charge on any atom is 0.243 e. The average Bonchev–Trinajstić information content (AvgIpc) is 2.63. The molecule has 1 fully saturated rings. The molecule has 1 heterocycles. The number of nitrogens with zero attached hydrogens (tertiary/aromatic N) is 1. The van der Waals surface area contributed by atoms with E-state index in [1.54, 1.807) is 28.6 Å². The number of sulfonamides is 1. The lowest BCUT2D eigenvalue weighted by molar-refractivity contribution is -0.115. The van der Waals surface area contributed by atoms with Crippen LogP contribution in [0, 0.1) is 5.92 Å². The van der Waals surface area contributed by atoms with Crippen molar-refractivity contribution in [3.05, 3.63) is 60.2 Å². The van der Waals surface area contributed by atoms with Gasteiger partial charge in [0.05, 0.1) is 11.3 Å². The molecule has 3 rings (SSSR count). The number of amides is 1. The van der Waals surface area contributed by atoms with Crippen LogP contribution in [-0.2, 0) is 21.2 Å². The highest BCUT2D eigenvalue weighted by Gasteiger charge is 2.28. The zero-order chi connectivity index (χ0) is 18.6. The number of piperidine rings is 1. The van der Waals surface area contributed by atoms with Crippen molar-refractivity contribution in [3.8, 4) is 0 Å². The van der Waals surface area contributed by atoms with Gasteiger partial charge in [-0.3, -0.25) is 4.79 Å². The van der Waals surface area contributed by atoms with Gasteiger partial charge in [0.15, 0.2) is 0 Å². The Morgan fingerprint density at radius 3 is 2.46 bits per heavy atom. The molecule has 1 atom stereocenters. The van der Waals surface area contributed by atoms with E-state index in [2.05, 4.69) is 12.2 Å². The summed E-state index contributed by atoms with van der Waals surface area (Å²) in [6, 6.07) is 15.9. The molecule has 0 radical (unpaired) electrons. The summed E-state index contributed by atoms with van der Waals surface area (Å²) in [5, 5.41) is 2.81. The van der Waals surface area contributed by atoms with E-state index in [4.69, 9.17) is 0 Å². The number of hydrogen-bond donors (Lipinski definition) is 1. The first-order chi connectivity index (χ1) is 12.4. The molecule has 2 aromatic rings. The van der Waals surface area contributed by atoms with Crippen LogP contribution >= 0.6 is 0 Å². The minimum Gasteiger partial charge on any atom is -0.326 e. The van der Waals surface area contributed by atoms with Crippen LogP contribution in [0.25, 0.3) is 0 Å². The monoisotopic (exact) mass is 372 g/mol. The van der Waals surface area contributed by atoms with E-state index in [-0.39, 0.29) is 17.2 Å². The third-order valence-corrected chi connectivity index (χ3v) is 6.48. The number of benzene rings is 2. The zero-order valence-electron chi connectivity index (χ0n) is 14.9. The second-order valence-electron chi connectivity index (χ2n) is 6.85. The van der Waals surface area contributed by atoms with Gasteiger partial charge in [0.2, 0.25) is 15.9 Å². The van der Waals surface area contributed by atoms with E-state index in [0.717, 1.165) is 18.4 Å². The highest BCUT2D eigenvalue weighted by molar-refractivity contribution is 7.89. The predicted molar refractivity (Wildman–Crippen MR) is 102 cm³/mol. The van der Waals surface area contributed by atoms with Gasteiger partial charge in [-0.15, -0.1) is 0 Å². The molecule has 6 heteroatoms. The highest BCUT2D eigenvalue weighted by Crippen LogP contribution is 2.24. The summed E-state index contributed by atoms with van der Waals surface area (Å²) in [6.45, 7) is 3.22. The summed E-state index contributed by atoms with van der Waals surface area (Å²) in [6.07, 6.45) is 2.25. The van der Waals surface area contributed by atoms with E-state index in [1.165, 1.54) is 0 Å². The summed E-state index contributed by atoms with van der Waals surface area (Å²) in [4.78, 5) is 12.4. The summed E-state index contributed by atoms with van der Waals surface area (Å²) in [5.41, 5.74) is 1.53. The summed E-state index contributed by atoms with van der Waals surface area (Å²) < 4.78 is 27.1. The molecular formula is C20H24N2O3S. The third kappa shape index (κ3) is 4.51. The molecule has 1 saturated heterocycles. The molecule has 0 saturated carbocycles. The Balaban J connectivity index is 1.65. The number of carbonyl (C=O) groups is 1. The van der Waals surface area contributed by atoms with Crippen molar-refractivity contribution in [2.75, 3.05) is 18.4 Å². The number of rotatable bonds is 5. The largest absolute Gasteiger partial charge is 0.326 e. The van der Waals surface area contributed by atoms with E-state index in [1.807, 2.05) is 30.3 Å². The quantitative estimate of drug-likeness (QED) is 0.876. The molecule has 0 aromatic heterocycles. The molecule has 1 aliphatic heterocycles. The third-order valence-electron chi connectivity index (χ3n) is 4.60. The maximum atomic E-state index is 12.7. The summed E-state index contributed by atoms with van der Waals surface area (Å²) >= 11 is 0. The van der Waals surface area contributed by atoms with Crippen molar-refractivity contribution in [2.45, 2.75) is 31.1 Å². The van der Waals surface area contributed by atoms with Crippen molar-refractivity contribution < 1.29 is 13.2 Å². The minimum absolute atomic E-state index is 0.128. The van der Waals surface area contributed by atoms with Gasteiger partial charge in [-0.05, 0) is 48.6 Å². The van der Waals surface area contributed by atoms with Crippen LogP contribution in [0.3, 0.4) is 0 Å². The van der Waals surface area contributed by atoms with Crippen LogP contribution in [0.15, 0.2) is 59.5 Å². The van der Waals surface area contributed by atoms with Gasteiger partial charge in [-0.2, -0.15) is 4.31 Å². The van der Waals surface area contributed by atoms with E-state index in [9.17, 15) is 13.2 Å². The minimum atomic E-state index is -3.47. The Kier molecular flexibility index (Phi) is 5.74. The van der Waals surface area contributed by atoms with E-state index < -0.39 is 10.0 Å². The molecule has 0 spiro atoms. The molecule has 5 nitrogen and oxygen atoms in total. The summed E-state index contributed by atoms with van der Waals surface area (Å²) in [5.74, 6) is 0.256. The topological polar surface area (TPSA) is 66.5 Å². The first-order valence-electron chi connectivity index (χ1n) is 8.89. The first kappa shape index (κ1) is 18.6. The molecule has 138 valence electrons. The summed E-state index contributed by atoms with van der Waals surface area (Å²) in [7, 11) is -3.47. The fraction of sp³-hybridized carbons (Fsp3) is 0.350. The van der Waals surface area contributed by atoms with Gasteiger partial charge >= 0.3 is 0 Å². The molecule has 0 aliphatic carbocycles. The normalized spacial score (nSPS) is 18.4. The van der Waals surface area contributed by atoms with Crippen LogP contribution in [0.2, 0.25) is 0 Å². The Morgan fingerprint density at radius 2 is 1.81 bits per heavy atom. The number of anilines is 1. The fourth-order valence-electron chi connectivity index (χ4n) is 3.21. The first-order valence-corrected chi connectivity index (χ1v) is 10.3. The van der Waals surface area contributed by atoms with Gasteiger partial charge in [0.25, 0.3) is 0 Å². The van der Waals surface area contributed by atoms with Crippen LogP contribution in [0.4, 0.5) is 5.69 Å². The smallest absolute Gasteiger partial charge is 0.243 e. The molecular weight excluding hydrogens is 348 g/mol. The van der Waals surface area contributed by atoms with Crippen molar-refractivity contribution in [1.82, 2.24) is 4.31 Å². The Labute approximate surface area is 155 Å². The molecule has 1 N–H and O–H groups in total. The van der Waals surface area contributed by atoms with Crippen molar-refractivity contribution >= 4 is 21.6 Å². The molecule has 1 amide bonds. The van der Waals surface area contributed by atoms with Gasteiger partial charge in [-0.25, -0.2) is 8.42 Å². The van der Waals surface area contributed by atoms with Gasteiger partial charge < -0.3 is 5.32 Å². The molecule has 2 aromatic carbocycles. The van der Waals surface area contributed by atoms with Crippen LogP contribution in [-0.4, -0.2) is 31.7 Å². The Hall–Kier alpha value is -2.18. The van der Waals surface area contributed by atoms with Crippen molar-refractivity contribution in [1.29, 1.82) is 0 Å². The van der Waals surface area contributed by atoms with Gasteiger partial charge in [0.1, 0.15) is 0 Å². The lowest BCUT2D eigenvalue weighted by Gasteiger charge is -2.30. The van der Waals surface area contributed by atoms with Gasteiger partial charge in [-0.1, -0.05) is 37.3 Å². The Bertz CT molecular complexity index is 848. The van der Waals surface area contributed by atoms with Crippen molar-refractivity contribution in [3.63, 3.8) is 0 Å². The highest BCUT2D eigenvalue weighted by atomic mass is 32.2. The molecule has 1 aliphatic rings. The van der Waals surface area contributed by atoms with Crippen LogP contribution in [0.1, 0.15) is 25.3 Å².